The second kappa shape index (κ2) is 7.68. The first-order chi connectivity index (χ1) is 8.86. The van der Waals surface area contributed by atoms with E-state index in [1.165, 1.54) is 0 Å². The standard InChI is InChI=1S/C12H23N3O3/c16-12(11-10-18-7-3-13-11)14-2-1-4-15-5-8-17-9-6-15/h11,13H,1-10H2,(H,14,16). The summed E-state index contributed by atoms with van der Waals surface area (Å²) < 4.78 is 10.5. The molecule has 0 aromatic carbocycles. The minimum atomic E-state index is -0.179. The zero-order valence-corrected chi connectivity index (χ0v) is 10.8. The maximum absolute atomic E-state index is 11.8. The van der Waals surface area contributed by atoms with Gasteiger partial charge in [0.25, 0.3) is 0 Å². The number of hydrogen-bond donors (Lipinski definition) is 2. The maximum Gasteiger partial charge on any atom is 0.239 e. The van der Waals surface area contributed by atoms with E-state index in [2.05, 4.69) is 15.5 Å². The Balaban J connectivity index is 1.52. The second-order valence-corrected chi connectivity index (χ2v) is 4.68. The molecule has 2 heterocycles. The SMILES string of the molecule is O=C(NCCCN1CCOCC1)C1COCCN1. The van der Waals surface area contributed by atoms with Gasteiger partial charge in [-0.25, -0.2) is 0 Å². The summed E-state index contributed by atoms with van der Waals surface area (Å²) in [5.74, 6) is 0.0525. The molecule has 0 aliphatic carbocycles. The molecule has 0 aromatic rings. The molecule has 6 nitrogen and oxygen atoms in total. The third-order valence-corrected chi connectivity index (χ3v) is 3.29. The Morgan fingerprint density at radius 2 is 2.11 bits per heavy atom. The second-order valence-electron chi connectivity index (χ2n) is 4.68. The molecule has 2 aliphatic rings. The highest BCUT2D eigenvalue weighted by Gasteiger charge is 2.20. The minimum Gasteiger partial charge on any atom is -0.379 e. The van der Waals surface area contributed by atoms with Crippen LogP contribution in [-0.4, -0.2) is 76.0 Å². The van der Waals surface area contributed by atoms with E-state index in [1.807, 2.05) is 0 Å². The fourth-order valence-corrected chi connectivity index (χ4v) is 2.20. The molecule has 18 heavy (non-hydrogen) atoms. The number of carbonyl (C=O) groups excluding carboxylic acids is 1. The number of morpholine rings is 2. The van der Waals surface area contributed by atoms with E-state index < -0.39 is 0 Å². The molecule has 2 saturated heterocycles. The number of nitrogens with zero attached hydrogens (tertiary/aromatic N) is 1. The summed E-state index contributed by atoms with van der Waals surface area (Å²) >= 11 is 0. The molecule has 1 amide bonds. The molecule has 6 heteroatoms. The van der Waals surface area contributed by atoms with Gasteiger partial charge in [0, 0.05) is 26.2 Å². The van der Waals surface area contributed by atoms with Crippen molar-refractivity contribution in [2.45, 2.75) is 12.5 Å². The molecule has 1 unspecified atom stereocenters. The molecule has 0 aromatic heterocycles. The Hall–Kier alpha value is -0.690. The third-order valence-electron chi connectivity index (χ3n) is 3.29. The predicted octanol–water partition coefficient (Wildman–Crippen LogP) is -1.19. The zero-order valence-electron chi connectivity index (χ0n) is 10.8. The summed E-state index contributed by atoms with van der Waals surface area (Å²) in [4.78, 5) is 14.1. The molecule has 2 rings (SSSR count). The fraction of sp³-hybridized carbons (Fsp3) is 0.917. The van der Waals surface area contributed by atoms with Crippen LogP contribution in [0, 0.1) is 0 Å². The van der Waals surface area contributed by atoms with Crippen molar-refractivity contribution >= 4 is 5.91 Å². The van der Waals surface area contributed by atoms with Crippen LogP contribution in [0.5, 0.6) is 0 Å². The first-order valence-corrected chi connectivity index (χ1v) is 6.75. The van der Waals surface area contributed by atoms with Crippen LogP contribution < -0.4 is 10.6 Å². The Bertz CT molecular complexity index is 251. The number of amides is 1. The van der Waals surface area contributed by atoms with E-state index >= 15 is 0 Å². The number of nitrogens with one attached hydrogen (secondary N) is 2. The van der Waals surface area contributed by atoms with Gasteiger partial charge in [0.05, 0.1) is 26.4 Å². The first-order valence-electron chi connectivity index (χ1n) is 6.75. The van der Waals surface area contributed by atoms with E-state index in [-0.39, 0.29) is 11.9 Å². The number of rotatable bonds is 5. The van der Waals surface area contributed by atoms with Crippen molar-refractivity contribution in [2.24, 2.45) is 0 Å². The average Bonchev–Trinajstić information content (AvgIpc) is 2.45. The lowest BCUT2D eigenvalue weighted by Crippen LogP contribution is -2.51. The number of ether oxygens (including phenoxy) is 2. The van der Waals surface area contributed by atoms with Gasteiger partial charge in [-0.05, 0) is 13.0 Å². The van der Waals surface area contributed by atoms with Gasteiger partial charge in [-0.2, -0.15) is 0 Å². The van der Waals surface area contributed by atoms with Crippen molar-refractivity contribution in [3.63, 3.8) is 0 Å². The molecule has 0 spiro atoms. The summed E-state index contributed by atoms with van der Waals surface area (Å²) in [6, 6.07) is -0.179. The Morgan fingerprint density at radius 3 is 2.83 bits per heavy atom. The maximum atomic E-state index is 11.8. The number of hydrogen-bond acceptors (Lipinski definition) is 5. The molecule has 0 radical (unpaired) electrons. The van der Waals surface area contributed by atoms with Gasteiger partial charge in [0.15, 0.2) is 0 Å². The molecule has 0 bridgehead atoms. The lowest BCUT2D eigenvalue weighted by Gasteiger charge is -2.27. The Labute approximate surface area is 108 Å². The van der Waals surface area contributed by atoms with Gasteiger partial charge >= 0.3 is 0 Å². The highest BCUT2D eigenvalue weighted by molar-refractivity contribution is 5.81. The highest BCUT2D eigenvalue weighted by Crippen LogP contribution is 1.98. The van der Waals surface area contributed by atoms with Crippen LogP contribution in [0.25, 0.3) is 0 Å². The van der Waals surface area contributed by atoms with Crippen LogP contribution in [0.1, 0.15) is 6.42 Å². The molecule has 2 fully saturated rings. The molecule has 2 N–H and O–H groups in total. The highest BCUT2D eigenvalue weighted by atomic mass is 16.5. The largest absolute Gasteiger partial charge is 0.379 e. The Kier molecular flexibility index (Phi) is 5.86. The molecular formula is C12H23N3O3. The summed E-state index contributed by atoms with van der Waals surface area (Å²) in [5, 5.41) is 6.10. The predicted molar refractivity (Wildman–Crippen MR) is 67.5 cm³/mol. The normalized spacial score (nSPS) is 25.9. The summed E-state index contributed by atoms with van der Waals surface area (Å²) in [6.07, 6.45) is 0.985. The quantitative estimate of drug-likeness (QED) is 0.607. The zero-order chi connectivity index (χ0) is 12.6. The van der Waals surface area contributed by atoms with Gasteiger partial charge in [0.2, 0.25) is 5.91 Å². The summed E-state index contributed by atoms with van der Waals surface area (Å²) in [5.41, 5.74) is 0. The molecule has 0 saturated carbocycles. The van der Waals surface area contributed by atoms with E-state index in [4.69, 9.17) is 9.47 Å². The monoisotopic (exact) mass is 257 g/mol. The minimum absolute atomic E-state index is 0.0525. The molecular weight excluding hydrogens is 234 g/mol. The van der Waals surface area contributed by atoms with Crippen LogP contribution >= 0.6 is 0 Å². The van der Waals surface area contributed by atoms with Gasteiger partial charge in [0.1, 0.15) is 6.04 Å². The van der Waals surface area contributed by atoms with Crippen LogP contribution in [0.2, 0.25) is 0 Å². The van der Waals surface area contributed by atoms with Crippen molar-refractivity contribution in [1.82, 2.24) is 15.5 Å². The van der Waals surface area contributed by atoms with Crippen LogP contribution in [0.4, 0.5) is 0 Å². The van der Waals surface area contributed by atoms with Crippen molar-refractivity contribution < 1.29 is 14.3 Å². The van der Waals surface area contributed by atoms with E-state index in [0.29, 0.717) is 13.2 Å². The average molecular weight is 257 g/mol. The van der Waals surface area contributed by atoms with Crippen molar-refractivity contribution in [1.29, 1.82) is 0 Å². The smallest absolute Gasteiger partial charge is 0.239 e. The van der Waals surface area contributed by atoms with Crippen molar-refractivity contribution in [3.8, 4) is 0 Å². The van der Waals surface area contributed by atoms with Crippen molar-refractivity contribution in [2.75, 3.05) is 59.2 Å². The van der Waals surface area contributed by atoms with Crippen LogP contribution in [-0.2, 0) is 14.3 Å². The van der Waals surface area contributed by atoms with Gasteiger partial charge in [-0.1, -0.05) is 0 Å². The van der Waals surface area contributed by atoms with E-state index in [1.54, 1.807) is 0 Å². The topological polar surface area (TPSA) is 62.8 Å². The van der Waals surface area contributed by atoms with E-state index in [9.17, 15) is 4.79 Å². The Morgan fingerprint density at radius 1 is 1.28 bits per heavy atom. The molecule has 104 valence electrons. The van der Waals surface area contributed by atoms with Gasteiger partial charge in [-0.15, -0.1) is 0 Å². The molecule has 1 atom stereocenters. The fourth-order valence-electron chi connectivity index (χ4n) is 2.20. The van der Waals surface area contributed by atoms with Gasteiger partial charge < -0.3 is 20.1 Å². The number of carbonyl (C=O) groups is 1. The lowest BCUT2D eigenvalue weighted by atomic mass is 10.2. The van der Waals surface area contributed by atoms with Gasteiger partial charge in [-0.3, -0.25) is 9.69 Å². The molecule has 2 aliphatic heterocycles. The summed E-state index contributed by atoms with van der Waals surface area (Å²) in [6.45, 7) is 7.36. The van der Waals surface area contributed by atoms with E-state index in [0.717, 1.165) is 52.4 Å². The first kappa shape index (κ1) is 13.7. The van der Waals surface area contributed by atoms with Crippen LogP contribution in [0.3, 0.4) is 0 Å². The summed E-state index contributed by atoms with van der Waals surface area (Å²) in [7, 11) is 0. The van der Waals surface area contributed by atoms with Crippen molar-refractivity contribution in [3.05, 3.63) is 0 Å². The van der Waals surface area contributed by atoms with Crippen LogP contribution in [0.15, 0.2) is 0 Å². The third kappa shape index (κ3) is 4.53. The lowest BCUT2D eigenvalue weighted by molar-refractivity contribution is -0.125.